The van der Waals surface area contributed by atoms with E-state index in [4.69, 9.17) is 21.1 Å². The molecule has 1 aromatic rings. The number of rotatable bonds is 4. The van der Waals surface area contributed by atoms with Crippen LogP contribution in [0.4, 0.5) is 0 Å². The summed E-state index contributed by atoms with van der Waals surface area (Å²) in [6.45, 7) is 4.13. The van der Waals surface area contributed by atoms with Gasteiger partial charge in [-0.15, -0.1) is 0 Å². The Balaban J connectivity index is 1.84. The van der Waals surface area contributed by atoms with Crippen molar-refractivity contribution in [1.29, 1.82) is 0 Å². The summed E-state index contributed by atoms with van der Waals surface area (Å²) in [6.07, 6.45) is 1.19. The first-order valence-corrected chi connectivity index (χ1v) is 6.32. The second-order valence-electron chi connectivity index (χ2n) is 4.25. The molecular weight excluding hydrogens is 238 g/mol. The second-order valence-corrected chi connectivity index (χ2v) is 4.66. The smallest absolute Gasteiger partial charge is 0.147 e. The first-order valence-electron chi connectivity index (χ1n) is 5.94. The van der Waals surface area contributed by atoms with Gasteiger partial charge in [0, 0.05) is 17.6 Å². The van der Waals surface area contributed by atoms with Gasteiger partial charge in [-0.3, -0.25) is 0 Å². The van der Waals surface area contributed by atoms with Crippen LogP contribution in [0.2, 0.25) is 5.02 Å². The summed E-state index contributed by atoms with van der Waals surface area (Å²) in [4.78, 5) is 0. The van der Waals surface area contributed by atoms with E-state index >= 15 is 0 Å². The summed E-state index contributed by atoms with van der Waals surface area (Å²) in [5.41, 5.74) is 1.13. The van der Waals surface area contributed by atoms with Crippen LogP contribution in [0.1, 0.15) is 24.9 Å². The van der Waals surface area contributed by atoms with E-state index in [1.165, 1.54) is 0 Å². The highest BCUT2D eigenvalue weighted by Crippen LogP contribution is 2.22. The first-order chi connectivity index (χ1) is 8.27. The fraction of sp³-hybridized carbons (Fsp3) is 0.538. The molecule has 17 heavy (non-hydrogen) atoms. The van der Waals surface area contributed by atoms with Crippen molar-refractivity contribution in [3.8, 4) is 0 Å². The Bertz CT molecular complexity index is 353. The molecule has 4 heteroatoms. The molecule has 1 saturated heterocycles. The van der Waals surface area contributed by atoms with Crippen LogP contribution in [-0.4, -0.2) is 26.0 Å². The lowest BCUT2D eigenvalue weighted by molar-refractivity contribution is -0.137. The van der Waals surface area contributed by atoms with E-state index in [9.17, 15) is 0 Å². The van der Waals surface area contributed by atoms with Crippen molar-refractivity contribution in [2.24, 2.45) is 0 Å². The number of halogens is 1. The van der Waals surface area contributed by atoms with Crippen LogP contribution < -0.4 is 5.32 Å². The van der Waals surface area contributed by atoms with Gasteiger partial charge in [0.2, 0.25) is 0 Å². The summed E-state index contributed by atoms with van der Waals surface area (Å²) in [5, 5.41) is 4.25. The monoisotopic (exact) mass is 255 g/mol. The van der Waals surface area contributed by atoms with Crippen molar-refractivity contribution in [3.63, 3.8) is 0 Å². The molecule has 0 saturated carbocycles. The Morgan fingerprint density at radius 2 is 2.29 bits per heavy atom. The number of nitrogens with one attached hydrogen (secondary N) is 1. The minimum atomic E-state index is 0.232. The van der Waals surface area contributed by atoms with E-state index in [0.717, 1.165) is 30.2 Å². The van der Waals surface area contributed by atoms with Gasteiger partial charge in [0.15, 0.2) is 0 Å². The van der Waals surface area contributed by atoms with Gasteiger partial charge >= 0.3 is 0 Å². The quantitative estimate of drug-likeness (QED) is 0.898. The molecule has 1 aliphatic rings. The highest BCUT2D eigenvalue weighted by atomic mass is 35.5. The van der Waals surface area contributed by atoms with Gasteiger partial charge in [-0.1, -0.05) is 29.8 Å². The van der Waals surface area contributed by atoms with E-state index < -0.39 is 0 Å². The lowest BCUT2D eigenvalue weighted by atomic mass is 10.1. The molecule has 0 amide bonds. The number of ether oxygens (including phenoxy) is 2. The molecule has 1 fully saturated rings. The van der Waals surface area contributed by atoms with Gasteiger partial charge < -0.3 is 14.8 Å². The maximum absolute atomic E-state index is 6.15. The Morgan fingerprint density at radius 1 is 1.47 bits per heavy atom. The van der Waals surface area contributed by atoms with Crippen molar-refractivity contribution in [1.82, 2.24) is 5.32 Å². The van der Waals surface area contributed by atoms with Crippen LogP contribution in [0.25, 0.3) is 0 Å². The van der Waals surface area contributed by atoms with Crippen LogP contribution in [0, 0.1) is 0 Å². The molecule has 0 bridgehead atoms. The summed E-state index contributed by atoms with van der Waals surface area (Å²) < 4.78 is 10.6. The third kappa shape index (κ3) is 3.68. The fourth-order valence-corrected chi connectivity index (χ4v) is 2.21. The normalized spacial score (nSPS) is 22.4. The summed E-state index contributed by atoms with van der Waals surface area (Å²) in [7, 11) is 0. The maximum Gasteiger partial charge on any atom is 0.147 e. The van der Waals surface area contributed by atoms with Crippen LogP contribution in [0.15, 0.2) is 24.3 Å². The topological polar surface area (TPSA) is 30.5 Å². The zero-order valence-corrected chi connectivity index (χ0v) is 10.7. The predicted molar refractivity (Wildman–Crippen MR) is 68.2 cm³/mol. The minimum Gasteiger partial charge on any atom is -0.355 e. The molecule has 3 nitrogen and oxygen atoms in total. The van der Waals surface area contributed by atoms with E-state index in [1.54, 1.807) is 0 Å². The van der Waals surface area contributed by atoms with Crippen LogP contribution in [0.3, 0.4) is 0 Å². The zero-order valence-electron chi connectivity index (χ0n) is 9.99. The van der Waals surface area contributed by atoms with Gasteiger partial charge in [0.25, 0.3) is 0 Å². The van der Waals surface area contributed by atoms with Crippen molar-refractivity contribution >= 4 is 11.6 Å². The number of hydrogen-bond acceptors (Lipinski definition) is 3. The lowest BCUT2D eigenvalue weighted by Gasteiger charge is -2.25. The second kappa shape index (κ2) is 6.36. The van der Waals surface area contributed by atoms with Crippen molar-refractivity contribution < 1.29 is 9.47 Å². The van der Waals surface area contributed by atoms with Crippen LogP contribution in [-0.2, 0) is 9.47 Å². The van der Waals surface area contributed by atoms with Crippen LogP contribution in [0.5, 0.6) is 0 Å². The first kappa shape index (κ1) is 12.8. The minimum absolute atomic E-state index is 0.232. The maximum atomic E-state index is 6.15. The van der Waals surface area contributed by atoms with Gasteiger partial charge in [-0.25, -0.2) is 0 Å². The molecule has 2 rings (SSSR count). The number of benzene rings is 1. The molecule has 2 atom stereocenters. The van der Waals surface area contributed by atoms with Gasteiger partial charge in [0.1, 0.15) is 6.79 Å². The van der Waals surface area contributed by atoms with E-state index in [1.807, 2.05) is 24.3 Å². The summed E-state index contributed by atoms with van der Waals surface area (Å²) in [5.74, 6) is 0. The van der Waals surface area contributed by atoms with Crippen molar-refractivity contribution in [3.05, 3.63) is 34.9 Å². The lowest BCUT2D eigenvalue weighted by Crippen LogP contribution is -2.35. The Kier molecular flexibility index (Phi) is 4.80. The molecule has 1 unspecified atom stereocenters. The molecule has 1 heterocycles. The SMILES string of the molecule is C[C@@H](NCC1CCOCO1)c1ccccc1Cl. The predicted octanol–water partition coefficient (Wildman–Crippen LogP) is 2.75. The average molecular weight is 256 g/mol. The van der Waals surface area contributed by atoms with E-state index in [0.29, 0.717) is 6.79 Å². The summed E-state index contributed by atoms with van der Waals surface area (Å²) in [6, 6.07) is 8.14. The van der Waals surface area contributed by atoms with Crippen molar-refractivity contribution in [2.45, 2.75) is 25.5 Å². The molecular formula is C13H18ClNO2. The molecule has 0 spiro atoms. The molecule has 1 aromatic carbocycles. The molecule has 1 N–H and O–H groups in total. The third-order valence-corrected chi connectivity index (χ3v) is 3.34. The van der Waals surface area contributed by atoms with Gasteiger partial charge in [0.05, 0.1) is 12.7 Å². The highest BCUT2D eigenvalue weighted by molar-refractivity contribution is 6.31. The van der Waals surface area contributed by atoms with E-state index in [2.05, 4.69) is 12.2 Å². The Hall–Kier alpha value is -0.610. The molecule has 94 valence electrons. The molecule has 1 aliphatic heterocycles. The average Bonchev–Trinajstić information content (AvgIpc) is 2.38. The van der Waals surface area contributed by atoms with Gasteiger partial charge in [-0.05, 0) is 25.0 Å². The molecule has 0 aromatic heterocycles. The summed E-state index contributed by atoms with van der Waals surface area (Å²) >= 11 is 6.15. The Labute approximate surface area is 107 Å². The van der Waals surface area contributed by atoms with Crippen LogP contribution >= 0.6 is 11.6 Å². The van der Waals surface area contributed by atoms with Crippen molar-refractivity contribution in [2.75, 3.05) is 19.9 Å². The van der Waals surface area contributed by atoms with Gasteiger partial charge in [-0.2, -0.15) is 0 Å². The van der Waals surface area contributed by atoms with E-state index in [-0.39, 0.29) is 12.1 Å². The largest absolute Gasteiger partial charge is 0.355 e. The highest BCUT2D eigenvalue weighted by Gasteiger charge is 2.16. The molecule has 0 radical (unpaired) electrons. The number of hydrogen-bond donors (Lipinski definition) is 1. The Morgan fingerprint density at radius 3 is 3.00 bits per heavy atom. The molecule has 0 aliphatic carbocycles. The third-order valence-electron chi connectivity index (χ3n) is 2.99. The standard InChI is InChI=1S/C13H18ClNO2/c1-10(12-4-2-3-5-13(12)14)15-8-11-6-7-16-9-17-11/h2-5,10-11,15H,6-9H2,1H3/t10-,11?/m1/s1. The zero-order chi connectivity index (χ0) is 12.1. The fourth-order valence-electron chi connectivity index (χ4n) is 1.91.